The van der Waals surface area contributed by atoms with Crippen LogP contribution in [0.15, 0.2) is 28.9 Å². The van der Waals surface area contributed by atoms with Gasteiger partial charge in [0.1, 0.15) is 5.75 Å². The highest BCUT2D eigenvalue weighted by Gasteiger charge is 2.07. The van der Waals surface area contributed by atoms with Crippen LogP contribution in [0.3, 0.4) is 0 Å². The van der Waals surface area contributed by atoms with Crippen molar-refractivity contribution in [2.45, 2.75) is 0 Å². The number of benzene rings is 1. The van der Waals surface area contributed by atoms with Crippen molar-refractivity contribution >= 4 is 39.0 Å². The van der Waals surface area contributed by atoms with Crippen LogP contribution in [-0.4, -0.2) is 17.1 Å². The molecule has 0 spiro atoms. The fourth-order valence-corrected chi connectivity index (χ4v) is 1.93. The highest BCUT2D eigenvalue weighted by Crippen LogP contribution is 2.27. The van der Waals surface area contributed by atoms with Crippen molar-refractivity contribution in [2.24, 2.45) is 0 Å². The molecule has 0 aliphatic heterocycles. The second-order valence-electron chi connectivity index (χ2n) is 3.34. The third-order valence-electron chi connectivity index (χ3n) is 2.08. The number of nitrogens with one attached hydrogen (secondary N) is 1. The first-order valence-corrected chi connectivity index (χ1v) is 6.05. The third kappa shape index (κ3) is 3.08. The van der Waals surface area contributed by atoms with Crippen molar-refractivity contribution in [3.05, 3.63) is 40.0 Å². The lowest BCUT2D eigenvalue weighted by Crippen LogP contribution is -1.99. The second kappa shape index (κ2) is 5.49. The summed E-state index contributed by atoms with van der Waals surface area (Å²) in [5, 5.41) is 2.78. The number of aromatic nitrogens is 2. The van der Waals surface area contributed by atoms with Gasteiger partial charge in [-0.15, -0.1) is 0 Å². The van der Waals surface area contributed by atoms with Crippen molar-refractivity contribution in [1.29, 1.82) is 0 Å². The van der Waals surface area contributed by atoms with Gasteiger partial charge in [0.15, 0.2) is 11.6 Å². The minimum atomic E-state index is -0.585. The zero-order valence-electron chi connectivity index (χ0n) is 9.25. The van der Waals surface area contributed by atoms with Gasteiger partial charge in [0.2, 0.25) is 5.28 Å². The lowest BCUT2D eigenvalue weighted by molar-refractivity contribution is 0.415. The van der Waals surface area contributed by atoms with Crippen LogP contribution in [-0.2, 0) is 0 Å². The van der Waals surface area contributed by atoms with Crippen LogP contribution in [0.25, 0.3) is 0 Å². The molecule has 0 radical (unpaired) electrons. The maximum absolute atomic E-state index is 13.4. The molecular formula is C11H8BrClFN3O. The van der Waals surface area contributed by atoms with E-state index in [-0.39, 0.29) is 11.1 Å². The highest BCUT2D eigenvalue weighted by molar-refractivity contribution is 9.10. The van der Waals surface area contributed by atoms with Gasteiger partial charge in [0.25, 0.3) is 0 Å². The standard InChI is InChI=1S/C11H8BrClFN3O/c1-18-8-3-6(12)2-7(4-8)16-10-9(14)5-15-11(13)17-10/h2-5H,1H3,(H,15,16,17). The summed E-state index contributed by atoms with van der Waals surface area (Å²) in [4.78, 5) is 7.30. The van der Waals surface area contributed by atoms with E-state index in [9.17, 15) is 4.39 Å². The van der Waals surface area contributed by atoms with Crippen LogP contribution < -0.4 is 10.1 Å². The van der Waals surface area contributed by atoms with Crippen molar-refractivity contribution in [1.82, 2.24) is 9.97 Å². The van der Waals surface area contributed by atoms with Gasteiger partial charge in [0.05, 0.1) is 13.3 Å². The van der Waals surface area contributed by atoms with Crippen LogP contribution in [0.1, 0.15) is 0 Å². The molecule has 0 fully saturated rings. The minimum absolute atomic E-state index is 0.00940. The molecular weight excluding hydrogens is 324 g/mol. The van der Waals surface area contributed by atoms with Crippen LogP contribution in [0.4, 0.5) is 15.9 Å². The Labute approximate surface area is 116 Å². The lowest BCUT2D eigenvalue weighted by Gasteiger charge is -2.09. The molecule has 2 rings (SSSR count). The van der Waals surface area contributed by atoms with E-state index in [1.807, 2.05) is 0 Å². The predicted molar refractivity (Wildman–Crippen MR) is 71.0 cm³/mol. The smallest absolute Gasteiger partial charge is 0.224 e. The summed E-state index contributed by atoms with van der Waals surface area (Å²) in [5.41, 5.74) is 0.620. The molecule has 0 bridgehead atoms. The Balaban J connectivity index is 2.33. The quantitative estimate of drug-likeness (QED) is 0.869. The Kier molecular flexibility index (Phi) is 3.98. The Hall–Kier alpha value is -1.40. The van der Waals surface area contributed by atoms with Crippen molar-refractivity contribution < 1.29 is 9.13 Å². The molecule has 1 N–H and O–H groups in total. The molecule has 18 heavy (non-hydrogen) atoms. The minimum Gasteiger partial charge on any atom is -0.497 e. The van der Waals surface area contributed by atoms with Gasteiger partial charge in [-0.2, -0.15) is 4.98 Å². The summed E-state index contributed by atoms with van der Waals surface area (Å²) in [6.07, 6.45) is 1.01. The Morgan fingerprint density at radius 1 is 1.39 bits per heavy atom. The largest absolute Gasteiger partial charge is 0.497 e. The number of rotatable bonds is 3. The zero-order chi connectivity index (χ0) is 13.1. The molecule has 0 unspecified atom stereocenters. The van der Waals surface area contributed by atoms with E-state index in [0.29, 0.717) is 11.4 Å². The Morgan fingerprint density at radius 2 is 2.17 bits per heavy atom. The molecule has 0 saturated carbocycles. The normalized spacial score (nSPS) is 10.2. The zero-order valence-corrected chi connectivity index (χ0v) is 11.6. The molecule has 0 saturated heterocycles. The molecule has 0 aliphatic carbocycles. The van der Waals surface area contributed by atoms with E-state index in [1.165, 1.54) is 0 Å². The Bertz CT molecular complexity index is 582. The van der Waals surface area contributed by atoms with Crippen LogP contribution in [0, 0.1) is 5.82 Å². The summed E-state index contributed by atoms with van der Waals surface area (Å²) in [7, 11) is 1.55. The summed E-state index contributed by atoms with van der Waals surface area (Å²) >= 11 is 8.94. The number of ether oxygens (including phenoxy) is 1. The summed E-state index contributed by atoms with van der Waals surface area (Å²) < 4.78 is 19.4. The number of anilines is 2. The first-order chi connectivity index (χ1) is 8.58. The van der Waals surface area contributed by atoms with Crippen molar-refractivity contribution in [3.8, 4) is 5.75 Å². The lowest BCUT2D eigenvalue weighted by atomic mass is 10.3. The second-order valence-corrected chi connectivity index (χ2v) is 4.59. The van der Waals surface area contributed by atoms with Gasteiger partial charge < -0.3 is 10.1 Å². The summed E-state index contributed by atoms with van der Waals surface area (Å²) in [6.45, 7) is 0. The topological polar surface area (TPSA) is 47.0 Å². The van der Waals surface area contributed by atoms with Gasteiger partial charge in [-0.1, -0.05) is 15.9 Å². The van der Waals surface area contributed by atoms with Gasteiger partial charge in [0, 0.05) is 16.2 Å². The first kappa shape index (κ1) is 13.0. The van der Waals surface area contributed by atoms with E-state index >= 15 is 0 Å². The highest BCUT2D eigenvalue weighted by atomic mass is 79.9. The maximum Gasteiger partial charge on any atom is 0.224 e. The number of methoxy groups -OCH3 is 1. The van der Waals surface area contributed by atoms with Gasteiger partial charge in [-0.25, -0.2) is 9.37 Å². The van der Waals surface area contributed by atoms with Crippen molar-refractivity contribution in [2.75, 3.05) is 12.4 Å². The average molecular weight is 333 g/mol. The van der Waals surface area contributed by atoms with Crippen LogP contribution in [0.5, 0.6) is 5.75 Å². The molecule has 0 aliphatic rings. The van der Waals surface area contributed by atoms with E-state index < -0.39 is 5.82 Å². The van der Waals surface area contributed by atoms with E-state index in [2.05, 4.69) is 31.2 Å². The van der Waals surface area contributed by atoms with E-state index in [0.717, 1.165) is 10.7 Å². The molecule has 0 atom stereocenters. The SMILES string of the molecule is COc1cc(Br)cc(Nc2nc(Cl)ncc2F)c1. The molecule has 0 amide bonds. The molecule has 1 aromatic heterocycles. The third-order valence-corrected chi connectivity index (χ3v) is 2.72. The fourth-order valence-electron chi connectivity index (χ4n) is 1.32. The molecule has 2 aromatic rings. The first-order valence-electron chi connectivity index (χ1n) is 4.88. The van der Waals surface area contributed by atoms with Gasteiger partial charge in [-0.05, 0) is 23.7 Å². The van der Waals surface area contributed by atoms with E-state index in [4.69, 9.17) is 16.3 Å². The van der Waals surface area contributed by atoms with Gasteiger partial charge >= 0.3 is 0 Å². The van der Waals surface area contributed by atoms with Crippen LogP contribution in [0.2, 0.25) is 5.28 Å². The summed E-state index contributed by atoms with van der Waals surface area (Å²) in [5.74, 6) is 0.0564. The Morgan fingerprint density at radius 3 is 2.89 bits per heavy atom. The van der Waals surface area contributed by atoms with Crippen LogP contribution >= 0.6 is 27.5 Å². The van der Waals surface area contributed by atoms with Crippen molar-refractivity contribution in [3.63, 3.8) is 0 Å². The molecule has 7 heteroatoms. The molecule has 1 heterocycles. The molecule has 1 aromatic carbocycles. The maximum atomic E-state index is 13.4. The molecule has 4 nitrogen and oxygen atoms in total. The number of hydrogen-bond acceptors (Lipinski definition) is 4. The predicted octanol–water partition coefficient (Wildman–Crippen LogP) is 3.78. The number of halogens is 3. The monoisotopic (exact) mass is 331 g/mol. The number of hydrogen-bond donors (Lipinski definition) is 1. The van der Waals surface area contributed by atoms with E-state index in [1.54, 1.807) is 25.3 Å². The molecule has 94 valence electrons. The number of nitrogens with zero attached hydrogens (tertiary/aromatic N) is 2. The fraction of sp³-hybridized carbons (Fsp3) is 0.0909. The summed E-state index contributed by atoms with van der Waals surface area (Å²) in [6, 6.07) is 5.26. The average Bonchev–Trinajstić information content (AvgIpc) is 2.33. The van der Waals surface area contributed by atoms with Gasteiger partial charge in [-0.3, -0.25) is 0 Å².